The second-order valence-corrected chi connectivity index (χ2v) is 7.77. The molecule has 0 radical (unpaired) electrons. The summed E-state index contributed by atoms with van der Waals surface area (Å²) < 4.78 is 11.1. The Morgan fingerprint density at radius 2 is 1.80 bits per heavy atom. The van der Waals surface area contributed by atoms with Crippen LogP contribution in [0.1, 0.15) is 37.5 Å². The lowest BCUT2D eigenvalue weighted by Crippen LogP contribution is -2.50. The average molecular weight is 413 g/mol. The largest absolute Gasteiger partial charge is 0.497 e. The van der Waals surface area contributed by atoms with Gasteiger partial charge in [-0.1, -0.05) is 24.3 Å². The monoisotopic (exact) mass is 412 g/mol. The standard InChI is InChI=1S/C24H32N2O4/c1-16(2)25-24(28)19(5)26(14-20-8-7-9-21(13-20)29-6)23(27)15-30-22-12-17(3)10-11-18(22)4/h7-13,16,19H,14-15H2,1-6H3,(H,25,28)/t19-/m1/s1. The van der Waals surface area contributed by atoms with E-state index in [1.54, 1.807) is 14.0 Å². The van der Waals surface area contributed by atoms with Gasteiger partial charge >= 0.3 is 0 Å². The van der Waals surface area contributed by atoms with Crippen LogP contribution in [0.25, 0.3) is 0 Å². The number of aryl methyl sites for hydroxylation is 2. The number of rotatable bonds is 9. The summed E-state index contributed by atoms with van der Waals surface area (Å²) in [6, 6.07) is 12.7. The summed E-state index contributed by atoms with van der Waals surface area (Å²) in [5.41, 5.74) is 2.89. The molecule has 1 N–H and O–H groups in total. The number of benzene rings is 2. The summed E-state index contributed by atoms with van der Waals surface area (Å²) >= 11 is 0. The SMILES string of the molecule is COc1cccc(CN(C(=O)COc2cc(C)ccc2C)[C@H](C)C(=O)NC(C)C)c1. The van der Waals surface area contributed by atoms with Crippen molar-refractivity contribution in [3.8, 4) is 11.5 Å². The van der Waals surface area contributed by atoms with Gasteiger partial charge < -0.3 is 19.7 Å². The summed E-state index contributed by atoms with van der Waals surface area (Å²) in [7, 11) is 1.60. The Kier molecular flexibility index (Phi) is 8.27. The molecule has 0 aliphatic rings. The Morgan fingerprint density at radius 3 is 2.47 bits per heavy atom. The summed E-state index contributed by atoms with van der Waals surface area (Å²) in [5, 5.41) is 2.88. The Bertz CT molecular complexity index is 879. The molecule has 1 atom stereocenters. The number of amides is 2. The van der Waals surface area contributed by atoms with E-state index in [4.69, 9.17) is 9.47 Å². The van der Waals surface area contributed by atoms with Crippen LogP contribution in [0.4, 0.5) is 0 Å². The number of hydrogen-bond donors (Lipinski definition) is 1. The van der Waals surface area contributed by atoms with E-state index >= 15 is 0 Å². The number of nitrogens with one attached hydrogen (secondary N) is 1. The number of hydrogen-bond acceptors (Lipinski definition) is 4. The maximum Gasteiger partial charge on any atom is 0.261 e. The third-order valence-corrected chi connectivity index (χ3v) is 4.78. The normalized spacial score (nSPS) is 11.7. The minimum atomic E-state index is -0.645. The van der Waals surface area contributed by atoms with Crippen molar-refractivity contribution < 1.29 is 19.1 Å². The van der Waals surface area contributed by atoms with Crippen LogP contribution in [0.2, 0.25) is 0 Å². The zero-order chi connectivity index (χ0) is 22.3. The second-order valence-electron chi connectivity index (χ2n) is 7.77. The van der Waals surface area contributed by atoms with Crippen LogP contribution in [0, 0.1) is 13.8 Å². The first-order chi connectivity index (χ1) is 14.2. The molecule has 0 saturated carbocycles. The van der Waals surface area contributed by atoms with Crippen LogP contribution in [0.5, 0.6) is 11.5 Å². The number of carbonyl (C=O) groups is 2. The second kappa shape index (κ2) is 10.7. The molecule has 2 aromatic rings. The van der Waals surface area contributed by atoms with Crippen LogP contribution in [0.3, 0.4) is 0 Å². The van der Waals surface area contributed by atoms with E-state index in [9.17, 15) is 9.59 Å². The lowest BCUT2D eigenvalue weighted by molar-refractivity contribution is -0.142. The number of ether oxygens (including phenoxy) is 2. The molecule has 2 amide bonds. The molecule has 0 aromatic heterocycles. The highest BCUT2D eigenvalue weighted by Gasteiger charge is 2.27. The van der Waals surface area contributed by atoms with Crippen molar-refractivity contribution in [1.29, 1.82) is 0 Å². The first kappa shape index (κ1) is 23.3. The topological polar surface area (TPSA) is 67.9 Å². The molecular formula is C24H32N2O4. The summed E-state index contributed by atoms with van der Waals surface area (Å²) in [5.74, 6) is 0.910. The lowest BCUT2D eigenvalue weighted by atomic mass is 10.1. The molecule has 0 saturated heterocycles. The predicted octanol–water partition coefficient (Wildman–Crippen LogP) is 3.63. The summed E-state index contributed by atoms with van der Waals surface area (Å²) in [6.45, 7) is 9.55. The van der Waals surface area contributed by atoms with Crippen molar-refractivity contribution in [3.63, 3.8) is 0 Å². The molecule has 2 aromatic carbocycles. The van der Waals surface area contributed by atoms with Gasteiger partial charge in [-0.05, 0) is 69.5 Å². The zero-order valence-corrected chi connectivity index (χ0v) is 18.7. The molecule has 0 unspecified atom stereocenters. The smallest absolute Gasteiger partial charge is 0.261 e. The van der Waals surface area contributed by atoms with Gasteiger partial charge in [-0.3, -0.25) is 9.59 Å². The van der Waals surface area contributed by atoms with Crippen LogP contribution < -0.4 is 14.8 Å². The van der Waals surface area contributed by atoms with E-state index in [1.165, 1.54) is 4.90 Å². The Hall–Kier alpha value is -3.02. The van der Waals surface area contributed by atoms with Crippen LogP contribution in [-0.4, -0.2) is 42.5 Å². The van der Waals surface area contributed by atoms with Gasteiger partial charge in [0.1, 0.15) is 17.5 Å². The molecule has 0 heterocycles. The van der Waals surface area contributed by atoms with Crippen molar-refractivity contribution in [1.82, 2.24) is 10.2 Å². The van der Waals surface area contributed by atoms with Crippen LogP contribution in [0.15, 0.2) is 42.5 Å². The molecule has 0 bridgehead atoms. The van der Waals surface area contributed by atoms with Gasteiger partial charge in [0, 0.05) is 12.6 Å². The summed E-state index contributed by atoms with van der Waals surface area (Å²) in [4.78, 5) is 27.2. The van der Waals surface area contributed by atoms with Crippen LogP contribution in [-0.2, 0) is 16.1 Å². The highest BCUT2D eigenvalue weighted by atomic mass is 16.5. The van der Waals surface area contributed by atoms with Crippen molar-refractivity contribution in [2.75, 3.05) is 13.7 Å². The molecule has 0 aliphatic carbocycles. The quantitative estimate of drug-likeness (QED) is 0.683. The maximum absolute atomic E-state index is 13.1. The molecule has 162 valence electrons. The maximum atomic E-state index is 13.1. The van der Waals surface area contributed by atoms with Gasteiger partial charge in [0.2, 0.25) is 5.91 Å². The molecule has 0 spiro atoms. The highest BCUT2D eigenvalue weighted by Crippen LogP contribution is 2.20. The summed E-state index contributed by atoms with van der Waals surface area (Å²) in [6.07, 6.45) is 0. The van der Waals surface area contributed by atoms with E-state index < -0.39 is 6.04 Å². The Balaban J connectivity index is 2.21. The van der Waals surface area contributed by atoms with Crippen molar-refractivity contribution in [3.05, 3.63) is 59.2 Å². The molecule has 30 heavy (non-hydrogen) atoms. The fraction of sp³-hybridized carbons (Fsp3) is 0.417. The number of nitrogens with zero attached hydrogens (tertiary/aromatic N) is 1. The van der Waals surface area contributed by atoms with E-state index in [0.717, 1.165) is 16.7 Å². The molecule has 6 heteroatoms. The van der Waals surface area contributed by atoms with Gasteiger partial charge in [0.15, 0.2) is 6.61 Å². The van der Waals surface area contributed by atoms with E-state index in [0.29, 0.717) is 11.5 Å². The fourth-order valence-corrected chi connectivity index (χ4v) is 3.04. The number of carbonyl (C=O) groups excluding carboxylic acids is 2. The van der Waals surface area contributed by atoms with Gasteiger partial charge in [0.25, 0.3) is 5.91 Å². The molecule has 2 rings (SSSR count). The average Bonchev–Trinajstić information content (AvgIpc) is 2.71. The number of methoxy groups -OCH3 is 1. The van der Waals surface area contributed by atoms with Crippen LogP contribution >= 0.6 is 0 Å². The molecular weight excluding hydrogens is 380 g/mol. The van der Waals surface area contributed by atoms with E-state index in [-0.39, 0.29) is 31.0 Å². The third kappa shape index (κ3) is 6.51. The first-order valence-electron chi connectivity index (χ1n) is 10.1. The van der Waals surface area contributed by atoms with Crippen molar-refractivity contribution in [2.45, 2.75) is 53.2 Å². The molecule has 0 fully saturated rings. The van der Waals surface area contributed by atoms with Crippen molar-refractivity contribution in [2.24, 2.45) is 0 Å². The van der Waals surface area contributed by atoms with E-state index in [1.807, 2.05) is 70.2 Å². The van der Waals surface area contributed by atoms with Crippen molar-refractivity contribution >= 4 is 11.8 Å². The van der Waals surface area contributed by atoms with Gasteiger partial charge in [-0.25, -0.2) is 0 Å². The predicted molar refractivity (Wildman–Crippen MR) is 118 cm³/mol. The third-order valence-electron chi connectivity index (χ3n) is 4.78. The van der Waals surface area contributed by atoms with Gasteiger partial charge in [-0.2, -0.15) is 0 Å². The minimum Gasteiger partial charge on any atom is -0.497 e. The zero-order valence-electron chi connectivity index (χ0n) is 18.7. The highest BCUT2D eigenvalue weighted by molar-refractivity contribution is 5.88. The minimum absolute atomic E-state index is 0.0140. The molecule has 6 nitrogen and oxygen atoms in total. The Labute approximate surface area is 179 Å². The van der Waals surface area contributed by atoms with E-state index in [2.05, 4.69) is 5.32 Å². The Morgan fingerprint density at radius 1 is 1.07 bits per heavy atom. The van der Waals surface area contributed by atoms with Gasteiger partial charge in [0.05, 0.1) is 7.11 Å². The van der Waals surface area contributed by atoms with Gasteiger partial charge in [-0.15, -0.1) is 0 Å². The lowest BCUT2D eigenvalue weighted by Gasteiger charge is -2.29. The molecule has 0 aliphatic heterocycles. The first-order valence-corrected chi connectivity index (χ1v) is 10.1. The fourth-order valence-electron chi connectivity index (χ4n) is 3.04.